The highest BCUT2D eigenvalue weighted by molar-refractivity contribution is 5.79. The molecule has 0 aliphatic rings. The molecular weight excluding hydrogens is 414 g/mol. The molecule has 2 heterocycles. The van der Waals surface area contributed by atoms with Crippen molar-refractivity contribution in [1.29, 1.82) is 0 Å². The molecule has 0 aliphatic carbocycles. The van der Waals surface area contributed by atoms with Crippen molar-refractivity contribution in [3.05, 3.63) is 102 Å². The van der Waals surface area contributed by atoms with E-state index in [1.807, 2.05) is 42.5 Å². The molecular formula is C26H29N5O2. The summed E-state index contributed by atoms with van der Waals surface area (Å²) >= 11 is 0. The molecule has 0 unspecified atom stereocenters. The summed E-state index contributed by atoms with van der Waals surface area (Å²) < 4.78 is 11.1. The molecule has 0 atom stereocenters. The molecule has 7 heteroatoms. The molecule has 0 aliphatic heterocycles. The Bertz CT molecular complexity index is 1150. The van der Waals surface area contributed by atoms with Gasteiger partial charge in [0.2, 0.25) is 5.89 Å². The summed E-state index contributed by atoms with van der Waals surface area (Å²) in [6.45, 7) is 2.77. The molecule has 0 fully saturated rings. The number of nitrogens with zero attached hydrogens (tertiary/aromatic N) is 3. The maximum absolute atomic E-state index is 5.61. The fraction of sp³-hybridized carbons (Fsp3) is 0.231. The van der Waals surface area contributed by atoms with Gasteiger partial charge in [0.1, 0.15) is 12.0 Å². The van der Waals surface area contributed by atoms with Crippen molar-refractivity contribution in [2.45, 2.75) is 26.2 Å². The van der Waals surface area contributed by atoms with Gasteiger partial charge in [-0.25, -0.2) is 4.98 Å². The summed E-state index contributed by atoms with van der Waals surface area (Å²) in [7, 11) is 3.85. The number of hydrogen-bond acceptors (Lipinski definition) is 5. The van der Waals surface area contributed by atoms with Crippen LogP contribution in [-0.4, -0.2) is 29.9 Å². The van der Waals surface area contributed by atoms with Crippen LogP contribution in [0.25, 0.3) is 11.5 Å². The van der Waals surface area contributed by atoms with Gasteiger partial charge in [0, 0.05) is 25.7 Å². The van der Waals surface area contributed by atoms with Crippen LogP contribution < -0.4 is 10.6 Å². The Hall–Kier alpha value is -3.84. The van der Waals surface area contributed by atoms with E-state index in [9.17, 15) is 0 Å². The van der Waals surface area contributed by atoms with Crippen LogP contribution in [0.5, 0.6) is 0 Å². The van der Waals surface area contributed by atoms with E-state index in [4.69, 9.17) is 8.83 Å². The molecule has 0 radical (unpaired) electrons. The van der Waals surface area contributed by atoms with Gasteiger partial charge in [-0.15, -0.1) is 0 Å². The van der Waals surface area contributed by atoms with Gasteiger partial charge in [0.25, 0.3) is 0 Å². The lowest BCUT2D eigenvalue weighted by molar-refractivity contribution is 0.287. The average Bonchev–Trinajstić information content (AvgIpc) is 3.53. The van der Waals surface area contributed by atoms with Gasteiger partial charge in [-0.3, -0.25) is 9.89 Å². The van der Waals surface area contributed by atoms with Crippen LogP contribution in [0.1, 0.15) is 22.6 Å². The van der Waals surface area contributed by atoms with E-state index in [1.54, 1.807) is 19.6 Å². The predicted octanol–water partition coefficient (Wildman–Crippen LogP) is 4.43. The van der Waals surface area contributed by atoms with Crippen molar-refractivity contribution in [1.82, 2.24) is 20.5 Å². The number of aromatic nitrogens is 1. The molecule has 2 N–H and O–H groups in total. The third-order valence-corrected chi connectivity index (χ3v) is 5.24. The van der Waals surface area contributed by atoms with Gasteiger partial charge in [-0.2, -0.15) is 0 Å². The van der Waals surface area contributed by atoms with Crippen molar-refractivity contribution >= 4 is 5.96 Å². The SMILES string of the molecule is CN=C(NCc1coc(-c2ccccc2)n1)NCc1ccccc1CN(C)Cc1ccco1. The number of benzene rings is 2. The minimum Gasteiger partial charge on any atom is -0.468 e. The minimum atomic E-state index is 0.517. The van der Waals surface area contributed by atoms with Crippen LogP contribution in [0.15, 0.2) is 93.1 Å². The van der Waals surface area contributed by atoms with Crippen molar-refractivity contribution in [3.8, 4) is 11.5 Å². The lowest BCUT2D eigenvalue weighted by Gasteiger charge is -2.19. The van der Waals surface area contributed by atoms with E-state index >= 15 is 0 Å². The second-order valence-corrected chi connectivity index (χ2v) is 7.81. The number of guanidine groups is 1. The second kappa shape index (κ2) is 11.2. The molecule has 7 nitrogen and oxygen atoms in total. The Balaban J connectivity index is 1.30. The van der Waals surface area contributed by atoms with E-state index in [0.29, 0.717) is 24.9 Å². The minimum absolute atomic E-state index is 0.517. The quantitative estimate of drug-likeness (QED) is 0.294. The first-order valence-electron chi connectivity index (χ1n) is 10.9. The second-order valence-electron chi connectivity index (χ2n) is 7.81. The fourth-order valence-corrected chi connectivity index (χ4v) is 3.57. The standard InChI is InChI=1S/C26H29N5O2/c1-27-26(29-16-23-19-33-25(30-23)20-9-4-3-5-10-20)28-15-21-11-6-7-12-22(21)17-31(2)18-24-13-8-14-32-24/h3-14,19H,15-18H2,1-2H3,(H2,27,28,29). The molecule has 2 aromatic carbocycles. The monoisotopic (exact) mass is 443 g/mol. The molecule has 2 aromatic heterocycles. The molecule has 0 amide bonds. The third kappa shape index (κ3) is 6.33. The van der Waals surface area contributed by atoms with Crippen molar-refractivity contribution in [2.75, 3.05) is 14.1 Å². The van der Waals surface area contributed by atoms with E-state index in [0.717, 1.165) is 30.1 Å². The van der Waals surface area contributed by atoms with Crippen molar-refractivity contribution < 1.29 is 8.83 Å². The topological polar surface area (TPSA) is 78.8 Å². The number of nitrogens with one attached hydrogen (secondary N) is 2. The van der Waals surface area contributed by atoms with Crippen LogP contribution in [0.2, 0.25) is 0 Å². The Morgan fingerprint density at radius 1 is 0.879 bits per heavy atom. The largest absolute Gasteiger partial charge is 0.468 e. The van der Waals surface area contributed by atoms with Gasteiger partial charge in [-0.1, -0.05) is 42.5 Å². The number of rotatable bonds is 9. The molecule has 33 heavy (non-hydrogen) atoms. The molecule has 4 rings (SSSR count). The Kier molecular flexibility index (Phi) is 7.56. The van der Waals surface area contributed by atoms with Crippen LogP contribution in [0, 0.1) is 0 Å². The predicted molar refractivity (Wildman–Crippen MR) is 129 cm³/mol. The van der Waals surface area contributed by atoms with E-state index in [-0.39, 0.29) is 0 Å². The van der Waals surface area contributed by atoms with Gasteiger partial charge in [0.05, 0.1) is 25.0 Å². The zero-order chi connectivity index (χ0) is 22.9. The summed E-state index contributed by atoms with van der Waals surface area (Å²) in [5, 5.41) is 6.70. The summed E-state index contributed by atoms with van der Waals surface area (Å²) in [6.07, 6.45) is 3.38. The number of hydrogen-bond donors (Lipinski definition) is 2. The van der Waals surface area contributed by atoms with Crippen molar-refractivity contribution in [3.63, 3.8) is 0 Å². The maximum Gasteiger partial charge on any atom is 0.226 e. The van der Waals surface area contributed by atoms with Crippen LogP contribution in [0.3, 0.4) is 0 Å². The highest BCUT2D eigenvalue weighted by atomic mass is 16.3. The fourth-order valence-electron chi connectivity index (χ4n) is 3.57. The molecule has 170 valence electrons. The Morgan fingerprint density at radius 2 is 1.64 bits per heavy atom. The average molecular weight is 444 g/mol. The first-order chi connectivity index (χ1) is 16.2. The molecule has 0 bridgehead atoms. The number of furan rings is 1. The van der Waals surface area contributed by atoms with Gasteiger partial charge in [0.15, 0.2) is 5.96 Å². The van der Waals surface area contributed by atoms with Crippen LogP contribution in [0.4, 0.5) is 0 Å². The highest BCUT2D eigenvalue weighted by Crippen LogP contribution is 2.18. The lowest BCUT2D eigenvalue weighted by Crippen LogP contribution is -2.36. The van der Waals surface area contributed by atoms with Gasteiger partial charge < -0.3 is 19.5 Å². The first kappa shape index (κ1) is 22.4. The highest BCUT2D eigenvalue weighted by Gasteiger charge is 2.10. The van der Waals surface area contributed by atoms with E-state index < -0.39 is 0 Å². The van der Waals surface area contributed by atoms with Crippen molar-refractivity contribution in [2.24, 2.45) is 4.99 Å². The summed E-state index contributed by atoms with van der Waals surface area (Å²) in [5.41, 5.74) is 4.26. The molecule has 4 aromatic rings. The number of aliphatic imine (C=N–C) groups is 1. The summed E-state index contributed by atoms with van der Waals surface area (Å²) in [5.74, 6) is 2.28. The van der Waals surface area contributed by atoms with Crippen LogP contribution >= 0.6 is 0 Å². The smallest absolute Gasteiger partial charge is 0.226 e. The summed E-state index contributed by atoms with van der Waals surface area (Å²) in [4.78, 5) is 11.1. The molecule has 0 saturated heterocycles. The number of oxazole rings is 1. The normalized spacial score (nSPS) is 11.7. The third-order valence-electron chi connectivity index (χ3n) is 5.24. The Labute approximate surface area is 194 Å². The maximum atomic E-state index is 5.61. The van der Waals surface area contributed by atoms with Gasteiger partial charge in [-0.05, 0) is 42.4 Å². The van der Waals surface area contributed by atoms with Gasteiger partial charge >= 0.3 is 0 Å². The molecule has 0 spiro atoms. The summed E-state index contributed by atoms with van der Waals surface area (Å²) in [6, 6.07) is 22.2. The molecule has 0 saturated carbocycles. The lowest BCUT2D eigenvalue weighted by atomic mass is 10.1. The zero-order valence-corrected chi connectivity index (χ0v) is 19.0. The first-order valence-corrected chi connectivity index (χ1v) is 10.9. The zero-order valence-electron chi connectivity index (χ0n) is 19.0. The van der Waals surface area contributed by atoms with E-state index in [2.05, 4.69) is 56.8 Å². The van der Waals surface area contributed by atoms with E-state index in [1.165, 1.54) is 11.1 Å². The van der Waals surface area contributed by atoms with Crippen LogP contribution in [-0.2, 0) is 26.2 Å². The Morgan fingerprint density at radius 3 is 2.39 bits per heavy atom.